The zero-order valence-corrected chi connectivity index (χ0v) is 12.2. The van der Waals surface area contributed by atoms with Crippen molar-refractivity contribution in [2.24, 2.45) is 17.8 Å². The minimum atomic E-state index is -1.90. The van der Waals surface area contributed by atoms with Gasteiger partial charge in [-0.15, -0.1) is 0 Å². The van der Waals surface area contributed by atoms with Crippen molar-refractivity contribution in [2.45, 2.75) is 58.2 Å². The highest BCUT2D eigenvalue weighted by molar-refractivity contribution is 6.75. The van der Waals surface area contributed by atoms with Crippen LogP contribution in [0.15, 0.2) is 0 Å². The van der Waals surface area contributed by atoms with E-state index in [4.69, 9.17) is 4.43 Å². The van der Waals surface area contributed by atoms with E-state index < -0.39 is 8.32 Å². The molecule has 16 heavy (non-hydrogen) atoms. The van der Waals surface area contributed by atoms with Gasteiger partial charge in [0, 0.05) is 0 Å². The average Bonchev–Trinajstić information content (AvgIpc) is 2.74. The fourth-order valence-corrected chi connectivity index (χ4v) is 3.44. The van der Waals surface area contributed by atoms with Gasteiger partial charge in [-0.25, -0.2) is 0 Å². The largest absolute Gasteiger partial charge is 0.519 e. The van der Waals surface area contributed by atoms with Crippen LogP contribution < -0.4 is 0 Å². The molecular weight excluding hydrogens is 216 g/mol. The fourth-order valence-electron chi connectivity index (χ4n) is 2.48. The van der Waals surface area contributed by atoms with E-state index in [1.165, 1.54) is 12.8 Å². The van der Waals surface area contributed by atoms with Gasteiger partial charge < -0.3 is 4.43 Å². The Labute approximate surface area is 99.9 Å². The first-order valence-electron chi connectivity index (χ1n) is 6.45. The van der Waals surface area contributed by atoms with Crippen LogP contribution in [0, 0.1) is 17.8 Å². The molecule has 2 nitrogen and oxygen atoms in total. The van der Waals surface area contributed by atoms with Crippen molar-refractivity contribution in [1.29, 1.82) is 0 Å². The van der Waals surface area contributed by atoms with Crippen molar-refractivity contribution >= 4 is 14.3 Å². The summed E-state index contributed by atoms with van der Waals surface area (Å²) in [4.78, 5) is 12.2. The molecule has 0 bridgehead atoms. The Bertz CT molecular complexity index is 304. The Balaban J connectivity index is 1.96. The minimum absolute atomic E-state index is 0.108. The van der Waals surface area contributed by atoms with E-state index in [-0.39, 0.29) is 16.9 Å². The lowest BCUT2D eigenvalue weighted by Gasteiger charge is -2.36. The van der Waals surface area contributed by atoms with Crippen molar-refractivity contribution in [3.05, 3.63) is 0 Å². The summed E-state index contributed by atoms with van der Waals surface area (Å²) in [7, 11) is -1.90. The van der Waals surface area contributed by atoms with Gasteiger partial charge in [0.25, 0.3) is 14.3 Å². The maximum Gasteiger partial charge on any atom is 0.295 e. The van der Waals surface area contributed by atoms with Gasteiger partial charge in [-0.2, -0.15) is 0 Å². The predicted octanol–water partition coefficient (Wildman–Crippen LogP) is 3.58. The van der Waals surface area contributed by atoms with E-state index in [0.29, 0.717) is 5.92 Å². The van der Waals surface area contributed by atoms with Crippen molar-refractivity contribution < 1.29 is 9.22 Å². The molecule has 0 aromatic heterocycles. The van der Waals surface area contributed by atoms with Crippen LogP contribution in [0.2, 0.25) is 18.1 Å². The van der Waals surface area contributed by atoms with Crippen LogP contribution in [-0.2, 0) is 9.22 Å². The lowest BCUT2D eigenvalue weighted by molar-refractivity contribution is -0.140. The topological polar surface area (TPSA) is 26.3 Å². The first-order chi connectivity index (χ1) is 7.22. The summed E-state index contributed by atoms with van der Waals surface area (Å²) in [5.74, 6) is 1.88. The molecule has 0 N–H and O–H groups in total. The summed E-state index contributed by atoms with van der Waals surface area (Å²) < 4.78 is 5.88. The third-order valence-corrected chi connectivity index (χ3v) is 9.13. The summed E-state index contributed by atoms with van der Waals surface area (Å²) >= 11 is 0. The van der Waals surface area contributed by atoms with E-state index in [9.17, 15) is 4.79 Å². The van der Waals surface area contributed by atoms with Gasteiger partial charge in [0.15, 0.2) is 0 Å². The normalized spacial score (nSPS) is 33.4. The highest BCUT2D eigenvalue weighted by Gasteiger charge is 2.53. The molecule has 0 spiro atoms. The minimum Gasteiger partial charge on any atom is -0.519 e. The standard InChI is InChI=1S/C13H24O2Si/c1-13(2,3)16(4,5)15-12(14)10-7-6-9-8-11(9)10/h9-11H,6-8H2,1-5H3. The second-order valence-electron chi connectivity index (χ2n) is 7.02. The van der Waals surface area contributed by atoms with Crippen molar-refractivity contribution in [3.8, 4) is 0 Å². The molecule has 2 saturated carbocycles. The number of fused-ring (bicyclic) bond motifs is 1. The molecule has 0 heterocycles. The summed E-state index contributed by atoms with van der Waals surface area (Å²) in [6, 6.07) is 0. The Kier molecular flexibility index (Phi) is 2.73. The molecule has 3 heteroatoms. The molecule has 2 rings (SSSR count). The van der Waals surface area contributed by atoms with Gasteiger partial charge in [-0.05, 0) is 49.2 Å². The van der Waals surface area contributed by atoms with Gasteiger partial charge in [0.2, 0.25) is 0 Å². The van der Waals surface area contributed by atoms with E-state index >= 15 is 0 Å². The number of rotatable bonds is 2. The van der Waals surface area contributed by atoms with E-state index in [1.54, 1.807) is 0 Å². The molecular formula is C13H24O2Si. The van der Waals surface area contributed by atoms with Gasteiger partial charge in [0.1, 0.15) is 0 Å². The maximum absolute atomic E-state index is 12.2. The van der Waals surface area contributed by atoms with Crippen molar-refractivity contribution in [1.82, 2.24) is 0 Å². The zero-order chi connectivity index (χ0) is 12.1. The van der Waals surface area contributed by atoms with Crippen LogP contribution in [-0.4, -0.2) is 14.3 Å². The molecule has 2 aliphatic rings. The van der Waals surface area contributed by atoms with Crippen LogP contribution in [0.4, 0.5) is 0 Å². The molecule has 0 radical (unpaired) electrons. The first kappa shape index (κ1) is 12.2. The van der Waals surface area contributed by atoms with Gasteiger partial charge in [-0.3, -0.25) is 4.79 Å². The lowest BCUT2D eigenvalue weighted by Crippen LogP contribution is -2.44. The molecule has 3 unspecified atom stereocenters. The van der Waals surface area contributed by atoms with Crippen molar-refractivity contribution in [3.63, 3.8) is 0 Å². The third kappa shape index (κ3) is 2.06. The quantitative estimate of drug-likeness (QED) is 0.690. The molecule has 0 aliphatic heterocycles. The molecule has 0 aromatic carbocycles. The van der Waals surface area contributed by atoms with E-state index in [2.05, 4.69) is 33.9 Å². The van der Waals surface area contributed by atoms with Crippen LogP contribution in [0.1, 0.15) is 40.0 Å². The summed E-state index contributed by atoms with van der Waals surface area (Å²) in [6.45, 7) is 10.9. The first-order valence-corrected chi connectivity index (χ1v) is 9.36. The molecule has 92 valence electrons. The predicted molar refractivity (Wildman–Crippen MR) is 67.6 cm³/mol. The third-order valence-electron chi connectivity index (χ3n) is 4.81. The number of hydrogen-bond donors (Lipinski definition) is 0. The molecule has 0 aromatic rings. The number of carbonyl (C=O) groups excluding carboxylic acids is 1. The van der Waals surface area contributed by atoms with Crippen molar-refractivity contribution in [2.75, 3.05) is 0 Å². The molecule has 0 saturated heterocycles. The van der Waals surface area contributed by atoms with E-state index in [1.807, 2.05) is 0 Å². The van der Waals surface area contributed by atoms with Gasteiger partial charge in [-0.1, -0.05) is 20.8 Å². The average molecular weight is 240 g/mol. The van der Waals surface area contributed by atoms with Gasteiger partial charge >= 0.3 is 0 Å². The Morgan fingerprint density at radius 2 is 1.88 bits per heavy atom. The lowest BCUT2D eigenvalue weighted by atomic mass is 10.0. The Hall–Kier alpha value is -0.313. The summed E-state index contributed by atoms with van der Waals surface area (Å²) in [6.07, 6.45) is 3.60. The van der Waals surface area contributed by atoms with Crippen LogP contribution >= 0.6 is 0 Å². The SMILES string of the molecule is CC(C)(C)[Si](C)(C)OC(=O)C1CCC2CC21. The summed E-state index contributed by atoms with van der Waals surface area (Å²) in [5, 5.41) is 0.129. The molecule has 0 amide bonds. The Morgan fingerprint density at radius 3 is 2.25 bits per heavy atom. The molecule has 3 atom stereocenters. The maximum atomic E-state index is 12.2. The zero-order valence-electron chi connectivity index (χ0n) is 11.2. The second kappa shape index (κ2) is 3.59. The Morgan fingerprint density at radius 1 is 1.25 bits per heavy atom. The second-order valence-corrected chi connectivity index (χ2v) is 11.7. The molecule has 2 fully saturated rings. The smallest absolute Gasteiger partial charge is 0.295 e. The van der Waals surface area contributed by atoms with Crippen LogP contribution in [0.25, 0.3) is 0 Å². The fraction of sp³-hybridized carbons (Fsp3) is 0.923. The number of hydrogen-bond acceptors (Lipinski definition) is 2. The van der Waals surface area contributed by atoms with E-state index in [0.717, 1.165) is 12.3 Å². The van der Waals surface area contributed by atoms with Crippen LogP contribution in [0.3, 0.4) is 0 Å². The summed E-state index contributed by atoms with van der Waals surface area (Å²) in [5.41, 5.74) is 0. The number of carbonyl (C=O) groups is 1. The highest BCUT2D eigenvalue weighted by atomic mass is 28.4. The monoisotopic (exact) mass is 240 g/mol. The highest BCUT2D eigenvalue weighted by Crippen LogP contribution is 2.56. The molecule has 2 aliphatic carbocycles. The van der Waals surface area contributed by atoms with Crippen LogP contribution in [0.5, 0.6) is 0 Å². The van der Waals surface area contributed by atoms with Gasteiger partial charge in [0.05, 0.1) is 5.92 Å².